The van der Waals surface area contributed by atoms with Crippen LogP contribution in [0.1, 0.15) is 23.0 Å². The molecule has 4 nitrogen and oxygen atoms in total. The molecule has 94 valence electrons. The maximum Gasteiger partial charge on any atom is 0.341 e. The van der Waals surface area contributed by atoms with Crippen LogP contribution in [-0.4, -0.2) is 17.7 Å². The van der Waals surface area contributed by atoms with Crippen LogP contribution in [0.2, 0.25) is 0 Å². The van der Waals surface area contributed by atoms with Gasteiger partial charge >= 0.3 is 5.97 Å². The SMILES string of the molecule is CCOC(=O)c1cc(-c2ccc(O)cc2)oc1C. The zero-order chi connectivity index (χ0) is 13.1. The van der Waals surface area contributed by atoms with Gasteiger partial charge in [-0.1, -0.05) is 0 Å². The van der Waals surface area contributed by atoms with Crippen molar-refractivity contribution in [3.05, 3.63) is 41.7 Å². The van der Waals surface area contributed by atoms with Crippen LogP contribution in [-0.2, 0) is 4.74 Å². The molecule has 0 aliphatic carbocycles. The molecule has 0 radical (unpaired) electrons. The highest BCUT2D eigenvalue weighted by atomic mass is 16.5. The van der Waals surface area contributed by atoms with Crippen LogP contribution in [0.3, 0.4) is 0 Å². The number of furan rings is 1. The number of benzene rings is 1. The summed E-state index contributed by atoms with van der Waals surface area (Å²) >= 11 is 0. The molecular formula is C14H14O4. The summed E-state index contributed by atoms with van der Waals surface area (Å²) in [6.45, 7) is 3.81. The second-order valence-corrected chi connectivity index (χ2v) is 3.85. The van der Waals surface area contributed by atoms with Gasteiger partial charge in [0.15, 0.2) is 0 Å². The van der Waals surface area contributed by atoms with Crippen molar-refractivity contribution >= 4 is 5.97 Å². The Hall–Kier alpha value is -2.23. The first-order valence-electron chi connectivity index (χ1n) is 5.68. The van der Waals surface area contributed by atoms with E-state index in [9.17, 15) is 9.90 Å². The summed E-state index contributed by atoms with van der Waals surface area (Å²) in [7, 11) is 0. The Kier molecular flexibility index (Phi) is 3.37. The van der Waals surface area contributed by atoms with Gasteiger partial charge in [-0.25, -0.2) is 4.79 Å². The maximum absolute atomic E-state index is 11.6. The lowest BCUT2D eigenvalue weighted by Gasteiger charge is -1.97. The van der Waals surface area contributed by atoms with Gasteiger partial charge in [-0.15, -0.1) is 0 Å². The molecule has 0 aliphatic rings. The summed E-state index contributed by atoms with van der Waals surface area (Å²) in [5.41, 5.74) is 1.23. The van der Waals surface area contributed by atoms with E-state index in [4.69, 9.17) is 9.15 Å². The van der Waals surface area contributed by atoms with E-state index in [-0.39, 0.29) is 11.7 Å². The molecule has 2 rings (SSSR count). The highest BCUT2D eigenvalue weighted by Gasteiger charge is 2.16. The minimum atomic E-state index is -0.385. The Bertz CT molecular complexity index is 552. The number of hydrogen-bond acceptors (Lipinski definition) is 4. The number of rotatable bonds is 3. The van der Waals surface area contributed by atoms with Crippen LogP contribution in [0.15, 0.2) is 34.7 Å². The topological polar surface area (TPSA) is 59.7 Å². The predicted molar refractivity (Wildman–Crippen MR) is 66.5 cm³/mol. The minimum Gasteiger partial charge on any atom is -0.508 e. The van der Waals surface area contributed by atoms with Crippen molar-refractivity contribution in [3.63, 3.8) is 0 Å². The third kappa shape index (κ3) is 2.37. The van der Waals surface area contributed by atoms with Crippen molar-refractivity contribution in [2.45, 2.75) is 13.8 Å². The molecule has 0 amide bonds. The van der Waals surface area contributed by atoms with Crippen molar-refractivity contribution in [1.29, 1.82) is 0 Å². The lowest BCUT2D eigenvalue weighted by molar-refractivity contribution is 0.0524. The van der Waals surface area contributed by atoms with E-state index < -0.39 is 0 Å². The van der Waals surface area contributed by atoms with E-state index in [2.05, 4.69) is 0 Å². The number of aryl methyl sites for hydroxylation is 1. The number of phenols is 1. The molecule has 0 saturated heterocycles. The summed E-state index contributed by atoms with van der Waals surface area (Å²) < 4.78 is 10.5. The molecule has 0 fully saturated rings. The van der Waals surface area contributed by atoms with E-state index in [1.807, 2.05) is 0 Å². The lowest BCUT2D eigenvalue weighted by Crippen LogP contribution is -2.04. The van der Waals surface area contributed by atoms with Gasteiger partial charge in [0.25, 0.3) is 0 Å². The second kappa shape index (κ2) is 4.96. The third-order valence-electron chi connectivity index (χ3n) is 2.56. The molecule has 18 heavy (non-hydrogen) atoms. The van der Waals surface area contributed by atoms with E-state index in [0.29, 0.717) is 23.7 Å². The van der Waals surface area contributed by atoms with Gasteiger partial charge in [-0.2, -0.15) is 0 Å². The largest absolute Gasteiger partial charge is 0.508 e. The van der Waals surface area contributed by atoms with Crippen molar-refractivity contribution < 1.29 is 19.1 Å². The van der Waals surface area contributed by atoms with E-state index >= 15 is 0 Å². The van der Waals surface area contributed by atoms with Gasteiger partial charge in [0, 0.05) is 5.56 Å². The van der Waals surface area contributed by atoms with Crippen molar-refractivity contribution in [2.75, 3.05) is 6.61 Å². The normalized spacial score (nSPS) is 10.3. The summed E-state index contributed by atoms with van der Waals surface area (Å²) in [4.78, 5) is 11.6. The molecular weight excluding hydrogens is 232 g/mol. The van der Waals surface area contributed by atoms with Gasteiger partial charge in [-0.05, 0) is 44.2 Å². The lowest BCUT2D eigenvalue weighted by atomic mass is 10.1. The molecule has 1 heterocycles. The van der Waals surface area contributed by atoms with Crippen LogP contribution in [0, 0.1) is 6.92 Å². The van der Waals surface area contributed by atoms with Crippen molar-refractivity contribution in [3.8, 4) is 17.1 Å². The molecule has 2 aromatic rings. The maximum atomic E-state index is 11.6. The number of phenolic OH excluding ortho intramolecular Hbond substituents is 1. The Morgan fingerprint density at radius 3 is 2.61 bits per heavy atom. The Balaban J connectivity index is 2.34. The van der Waals surface area contributed by atoms with Crippen LogP contribution >= 0.6 is 0 Å². The van der Waals surface area contributed by atoms with Crippen LogP contribution in [0.4, 0.5) is 0 Å². The monoisotopic (exact) mass is 246 g/mol. The fraction of sp³-hybridized carbons (Fsp3) is 0.214. The van der Waals surface area contributed by atoms with E-state index in [1.54, 1.807) is 44.2 Å². The number of ether oxygens (including phenoxy) is 1. The predicted octanol–water partition coefficient (Wildman–Crippen LogP) is 3.14. The van der Waals surface area contributed by atoms with Gasteiger partial charge in [0.05, 0.1) is 6.61 Å². The van der Waals surface area contributed by atoms with E-state index in [0.717, 1.165) is 5.56 Å². The van der Waals surface area contributed by atoms with Gasteiger partial charge in [0.2, 0.25) is 0 Å². The van der Waals surface area contributed by atoms with Crippen molar-refractivity contribution in [2.24, 2.45) is 0 Å². The van der Waals surface area contributed by atoms with Gasteiger partial charge < -0.3 is 14.3 Å². The standard InChI is InChI=1S/C14H14O4/c1-3-17-14(16)12-8-13(18-9(12)2)10-4-6-11(15)7-5-10/h4-8,15H,3H2,1-2H3. The number of carbonyl (C=O) groups is 1. The minimum absolute atomic E-state index is 0.188. The number of hydrogen-bond donors (Lipinski definition) is 1. The van der Waals surface area contributed by atoms with E-state index in [1.165, 1.54) is 0 Å². The molecule has 0 aliphatic heterocycles. The molecule has 0 saturated carbocycles. The summed E-state index contributed by atoms with van der Waals surface area (Å²) in [5, 5.41) is 9.22. The van der Waals surface area contributed by atoms with Gasteiger partial charge in [-0.3, -0.25) is 0 Å². The fourth-order valence-corrected chi connectivity index (χ4v) is 1.66. The zero-order valence-electron chi connectivity index (χ0n) is 10.3. The average molecular weight is 246 g/mol. The number of aromatic hydroxyl groups is 1. The summed E-state index contributed by atoms with van der Waals surface area (Å²) in [6.07, 6.45) is 0. The third-order valence-corrected chi connectivity index (χ3v) is 2.56. The molecule has 1 N–H and O–H groups in total. The quantitative estimate of drug-likeness (QED) is 0.845. The molecule has 0 atom stereocenters. The number of carbonyl (C=O) groups excluding carboxylic acids is 1. The summed E-state index contributed by atoms with van der Waals surface area (Å²) in [5.74, 6) is 0.906. The fourth-order valence-electron chi connectivity index (χ4n) is 1.66. The average Bonchev–Trinajstić information content (AvgIpc) is 2.72. The molecule has 0 bridgehead atoms. The first-order chi connectivity index (χ1) is 8.61. The molecule has 0 unspecified atom stereocenters. The highest BCUT2D eigenvalue weighted by Crippen LogP contribution is 2.27. The van der Waals surface area contributed by atoms with Crippen LogP contribution in [0.25, 0.3) is 11.3 Å². The van der Waals surface area contributed by atoms with Crippen LogP contribution < -0.4 is 0 Å². The van der Waals surface area contributed by atoms with Crippen molar-refractivity contribution in [1.82, 2.24) is 0 Å². The molecule has 1 aromatic heterocycles. The molecule has 0 spiro atoms. The second-order valence-electron chi connectivity index (χ2n) is 3.85. The van der Waals surface area contributed by atoms with Crippen LogP contribution in [0.5, 0.6) is 5.75 Å². The zero-order valence-corrected chi connectivity index (χ0v) is 10.3. The highest BCUT2D eigenvalue weighted by molar-refractivity contribution is 5.91. The Morgan fingerprint density at radius 2 is 2.00 bits per heavy atom. The Labute approximate surface area is 105 Å². The smallest absolute Gasteiger partial charge is 0.341 e. The first kappa shape index (κ1) is 12.2. The summed E-state index contributed by atoms with van der Waals surface area (Å²) in [6, 6.07) is 8.24. The Morgan fingerprint density at radius 1 is 1.33 bits per heavy atom. The van der Waals surface area contributed by atoms with Gasteiger partial charge in [0.1, 0.15) is 22.8 Å². The first-order valence-corrected chi connectivity index (χ1v) is 5.68. The number of esters is 1. The molecule has 1 aromatic carbocycles. The molecule has 4 heteroatoms.